The minimum Gasteiger partial charge on any atom is -0.480 e. The van der Waals surface area contributed by atoms with E-state index in [1.165, 1.54) is 0 Å². The number of hydrogen-bond acceptors (Lipinski definition) is 5. The molecule has 2 unspecified atom stereocenters. The molecule has 1 aliphatic rings. The van der Waals surface area contributed by atoms with Gasteiger partial charge in [-0.1, -0.05) is 20.3 Å². The third kappa shape index (κ3) is 4.31. The number of carbonyl (C=O) groups excluding carboxylic acids is 1. The van der Waals surface area contributed by atoms with Crippen LogP contribution in [0.1, 0.15) is 33.1 Å². The van der Waals surface area contributed by atoms with Crippen LogP contribution < -0.4 is 9.47 Å². The smallest absolute Gasteiger partial charge is 0.233 e. The van der Waals surface area contributed by atoms with E-state index in [2.05, 4.69) is 24.0 Å². The molecule has 116 valence electrons. The third-order valence-corrected chi connectivity index (χ3v) is 3.83. The molecule has 6 heteroatoms. The number of amides is 1. The molecule has 0 bridgehead atoms. The molecule has 2 heterocycles. The first-order chi connectivity index (χ1) is 10.1. The zero-order valence-electron chi connectivity index (χ0n) is 12.9. The van der Waals surface area contributed by atoms with Crippen molar-refractivity contribution in [2.75, 3.05) is 20.2 Å². The van der Waals surface area contributed by atoms with Gasteiger partial charge in [-0.25, -0.2) is 0 Å². The van der Waals surface area contributed by atoms with Crippen LogP contribution >= 0.6 is 0 Å². The molecule has 0 radical (unpaired) electrons. The van der Waals surface area contributed by atoms with Gasteiger partial charge in [-0.2, -0.15) is 0 Å². The van der Waals surface area contributed by atoms with Gasteiger partial charge in [0.15, 0.2) is 0 Å². The Morgan fingerprint density at radius 2 is 2.14 bits per heavy atom. The molecular weight excluding hydrogens is 270 g/mol. The largest absolute Gasteiger partial charge is 0.480 e. The summed E-state index contributed by atoms with van der Waals surface area (Å²) in [4.78, 5) is 14.0. The predicted molar refractivity (Wildman–Crippen MR) is 78.3 cm³/mol. The standard InChI is InChI=1S/C15H23N3O3/c1-4-11(2)9-15(19)18-8-7-12(10-18)21-14-6-5-13(20-3)16-17-14/h5-6,11-12H,4,7-10H2,1-3H3. The molecule has 2 atom stereocenters. The fourth-order valence-electron chi connectivity index (χ4n) is 2.27. The highest BCUT2D eigenvalue weighted by atomic mass is 16.5. The number of methoxy groups -OCH3 is 1. The number of likely N-dealkylation sites (tertiary alicyclic amines) is 1. The Kier molecular flexibility index (Phi) is 5.36. The minimum absolute atomic E-state index is 0.00595. The van der Waals surface area contributed by atoms with Gasteiger partial charge >= 0.3 is 0 Å². The second-order valence-corrected chi connectivity index (χ2v) is 5.50. The molecule has 2 rings (SSSR count). The van der Waals surface area contributed by atoms with E-state index in [1.54, 1.807) is 19.2 Å². The Bertz CT molecular complexity index is 464. The number of rotatable bonds is 6. The van der Waals surface area contributed by atoms with Crippen molar-refractivity contribution in [1.82, 2.24) is 15.1 Å². The molecule has 1 aromatic rings. The molecule has 1 aromatic heterocycles. The molecule has 1 fully saturated rings. The number of ether oxygens (including phenoxy) is 2. The first-order valence-corrected chi connectivity index (χ1v) is 7.44. The van der Waals surface area contributed by atoms with Crippen LogP contribution in [0, 0.1) is 5.92 Å². The zero-order valence-corrected chi connectivity index (χ0v) is 12.9. The second-order valence-electron chi connectivity index (χ2n) is 5.50. The Balaban J connectivity index is 1.83. The topological polar surface area (TPSA) is 64.6 Å². The summed E-state index contributed by atoms with van der Waals surface area (Å²) in [5, 5.41) is 7.81. The van der Waals surface area contributed by atoms with E-state index in [1.807, 2.05) is 4.90 Å². The minimum atomic E-state index is -0.00595. The number of hydrogen-bond donors (Lipinski definition) is 0. The van der Waals surface area contributed by atoms with Crippen LogP contribution in [-0.4, -0.2) is 47.3 Å². The normalized spacial score (nSPS) is 19.4. The van der Waals surface area contributed by atoms with Crippen molar-refractivity contribution in [2.24, 2.45) is 5.92 Å². The van der Waals surface area contributed by atoms with E-state index in [4.69, 9.17) is 9.47 Å². The van der Waals surface area contributed by atoms with Gasteiger partial charge in [0, 0.05) is 31.5 Å². The molecule has 0 spiro atoms. The highest BCUT2D eigenvalue weighted by molar-refractivity contribution is 5.76. The summed E-state index contributed by atoms with van der Waals surface area (Å²) in [6.07, 6.45) is 2.47. The number of aromatic nitrogens is 2. The maximum Gasteiger partial charge on any atom is 0.233 e. The van der Waals surface area contributed by atoms with Gasteiger partial charge in [-0.3, -0.25) is 4.79 Å². The molecule has 1 saturated heterocycles. The Labute approximate surface area is 125 Å². The van der Waals surface area contributed by atoms with Crippen LogP contribution in [0.25, 0.3) is 0 Å². The van der Waals surface area contributed by atoms with E-state index >= 15 is 0 Å². The molecule has 1 amide bonds. The molecule has 0 N–H and O–H groups in total. The maximum atomic E-state index is 12.1. The molecule has 21 heavy (non-hydrogen) atoms. The van der Waals surface area contributed by atoms with E-state index < -0.39 is 0 Å². The number of nitrogens with zero attached hydrogens (tertiary/aromatic N) is 3. The quantitative estimate of drug-likeness (QED) is 0.801. The van der Waals surface area contributed by atoms with Crippen LogP contribution in [0.15, 0.2) is 12.1 Å². The highest BCUT2D eigenvalue weighted by Gasteiger charge is 2.28. The molecule has 6 nitrogen and oxygen atoms in total. The van der Waals surface area contributed by atoms with Gasteiger partial charge in [0.2, 0.25) is 17.7 Å². The van der Waals surface area contributed by atoms with Crippen LogP contribution in [0.4, 0.5) is 0 Å². The Morgan fingerprint density at radius 3 is 2.76 bits per heavy atom. The van der Waals surface area contributed by atoms with E-state index in [0.717, 1.165) is 19.4 Å². The lowest BCUT2D eigenvalue weighted by atomic mass is 10.0. The average Bonchev–Trinajstić information content (AvgIpc) is 2.96. The fourth-order valence-corrected chi connectivity index (χ4v) is 2.27. The van der Waals surface area contributed by atoms with E-state index in [0.29, 0.717) is 30.6 Å². The summed E-state index contributed by atoms with van der Waals surface area (Å²) in [6.45, 7) is 5.59. The first-order valence-electron chi connectivity index (χ1n) is 7.44. The molecule has 0 saturated carbocycles. The molecular formula is C15H23N3O3. The van der Waals surface area contributed by atoms with E-state index in [9.17, 15) is 4.79 Å². The van der Waals surface area contributed by atoms with Gasteiger partial charge in [0.25, 0.3) is 0 Å². The van der Waals surface area contributed by atoms with Crippen LogP contribution in [0.3, 0.4) is 0 Å². The fraction of sp³-hybridized carbons (Fsp3) is 0.667. The van der Waals surface area contributed by atoms with Crippen molar-refractivity contribution in [1.29, 1.82) is 0 Å². The molecule has 0 aliphatic carbocycles. The van der Waals surface area contributed by atoms with Crippen LogP contribution in [-0.2, 0) is 4.79 Å². The Hall–Kier alpha value is -1.85. The lowest BCUT2D eigenvalue weighted by Gasteiger charge is -2.18. The Morgan fingerprint density at radius 1 is 1.43 bits per heavy atom. The monoisotopic (exact) mass is 293 g/mol. The summed E-state index contributed by atoms with van der Waals surface area (Å²) < 4.78 is 10.7. The second kappa shape index (κ2) is 7.24. The van der Waals surface area contributed by atoms with Crippen LogP contribution in [0.2, 0.25) is 0 Å². The lowest BCUT2D eigenvalue weighted by molar-refractivity contribution is -0.131. The maximum absolute atomic E-state index is 12.1. The number of carbonyl (C=O) groups is 1. The molecule has 0 aromatic carbocycles. The highest BCUT2D eigenvalue weighted by Crippen LogP contribution is 2.19. The predicted octanol–water partition coefficient (Wildman–Crippen LogP) is 1.90. The van der Waals surface area contributed by atoms with Gasteiger partial charge in [0.1, 0.15) is 6.10 Å². The summed E-state index contributed by atoms with van der Waals surface area (Å²) in [6, 6.07) is 3.44. The van der Waals surface area contributed by atoms with Crippen LogP contribution in [0.5, 0.6) is 11.8 Å². The van der Waals surface area contributed by atoms with Gasteiger partial charge in [0.05, 0.1) is 13.7 Å². The lowest BCUT2D eigenvalue weighted by Crippen LogP contribution is -2.31. The first kappa shape index (κ1) is 15.5. The van der Waals surface area contributed by atoms with Crippen molar-refractivity contribution in [3.05, 3.63) is 12.1 Å². The average molecular weight is 293 g/mol. The summed E-state index contributed by atoms with van der Waals surface area (Å²) in [5.41, 5.74) is 0. The summed E-state index contributed by atoms with van der Waals surface area (Å²) in [7, 11) is 1.54. The van der Waals surface area contributed by atoms with Crippen molar-refractivity contribution < 1.29 is 14.3 Å². The van der Waals surface area contributed by atoms with Gasteiger partial charge in [-0.15, -0.1) is 10.2 Å². The van der Waals surface area contributed by atoms with Crippen molar-refractivity contribution in [3.63, 3.8) is 0 Å². The SMILES string of the molecule is CCC(C)CC(=O)N1CCC(Oc2ccc(OC)nn2)C1. The van der Waals surface area contributed by atoms with Crippen molar-refractivity contribution >= 4 is 5.91 Å². The zero-order chi connectivity index (χ0) is 15.2. The summed E-state index contributed by atoms with van der Waals surface area (Å²) in [5.74, 6) is 1.58. The van der Waals surface area contributed by atoms with E-state index in [-0.39, 0.29) is 12.0 Å². The summed E-state index contributed by atoms with van der Waals surface area (Å²) >= 11 is 0. The van der Waals surface area contributed by atoms with Gasteiger partial charge in [-0.05, 0) is 5.92 Å². The third-order valence-electron chi connectivity index (χ3n) is 3.83. The van der Waals surface area contributed by atoms with Gasteiger partial charge < -0.3 is 14.4 Å². The van der Waals surface area contributed by atoms with Crippen molar-refractivity contribution in [3.8, 4) is 11.8 Å². The molecule has 1 aliphatic heterocycles. The van der Waals surface area contributed by atoms with Crippen molar-refractivity contribution in [2.45, 2.75) is 39.2 Å².